The van der Waals surface area contributed by atoms with Crippen LogP contribution in [0.4, 0.5) is 0 Å². The first kappa shape index (κ1) is 14.7. The molecule has 1 atom stereocenters. The average Bonchev–Trinajstić information content (AvgIpc) is 2.36. The summed E-state index contributed by atoms with van der Waals surface area (Å²) in [6.45, 7) is 4.50. The summed E-state index contributed by atoms with van der Waals surface area (Å²) in [6.07, 6.45) is 6.32. The molecule has 0 aliphatic rings. The van der Waals surface area contributed by atoms with Crippen LogP contribution in [0.5, 0.6) is 5.75 Å². The van der Waals surface area contributed by atoms with E-state index in [1.807, 2.05) is 18.2 Å². The van der Waals surface area contributed by atoms with Crippen LogP contribution in [-0.2, 0) is 4.79 Å². The quantitative estimate of drug-likeness (QED) is 0.382. The highest BCUT2D eigenvalue weighted by atomic mass is 16.5. The van der Waals surface area contributed by atoms with Crippen LogP contribution in [0.15, 0.2) is 30.3 Å². The predicted octanol–water partition coefficient (Wildman–Crippen LogP) is 4.59. The minimum atomic E-state index is -0.121. The molecule has 0 amide bonds. The number of benzene rings is 1. The highest BCUT2D eigenvalue weighted by Crippen LogP contribution is 2.15. The van der Waals surface area contributed by atoms with E-state index < -0.39 is 0 Å². The highest BCUT2D eigenvalue weighted by molar-refractivity contribution is 5.72. The zero-order valence-electron chi connectivity index (χ0n) is 11.5. The molecular weight excluding hydrogens is 224 g/mol. The molecule has 1 rings (SSSR count). The Balaban J connectivity index is 2.11. The molecule has 0 aromatic heterocycles. The Kier molecular flexibility index (Phi) is 7.16. The summed E-state index contributed by atoms with van der Waals surface area (Å²) in [5.74, 6) is 1.30. The molecule has 0 saturated carbocycles. The van der Waals surface area contributed by atoms with Gasteiger partial charge in [-0.15, -0.1) is 0 Å². The monoisotopic (exact) mass is 248 g/mol. The van der Waals surface area contributed by atoms with E-state index in [-0.39, 0.29) is 5.97 Å². The van der Waals surface area contributed by atoms with Crippen LogP contribution in [0.25, 0.3) is 0 Å². The lowest BCUT2D eigenvalue weighted by atomic mass is 9.99. The van der Waals surface area contributed by atoms with Crippen molar-refractivity contribution in [1.82, 2.24) is 0 Å². The van der Waals surface area contributed by atoms with Crippen molar-refractivity contribution in [2.24, 2.45) is 5.92 Å². The van der Waals surface area contributed by atoms with Crippen molar-refractivity contribution in [2.75, 3.05) is 0 Å². The Morgan fingerprint density at radius 1 is 1.17 bits per heavy atom. The van der Waals surface area contributed by atoms with Crippen molar-refractivity contribution in [2.45, 2.75) is 52.4 Å². The van der Waals surface area contributed by atoms with Crippen LogP contribution in [0, 0.1) is 5.92 Å². The van der Waals surface area contributed by atoms with Gasteiger partial charge in [-0.2, -0.15) is 0 Å². The van der Waals surface area contributed by atoms with E-state index in [9.17, 15) is 4.79 Å². The van der Waals surface area contributed by atoms with E-state index in [4.69, 9.17) is 4.74 Å². The maximum absolute atomic E-state index is 11.6. The van der Waals surface area contributed by atoms with Crippen molar-refractivity contribution < 1.29 is 9.53 Å². The van der Waals surface area contributed by atoms with Gasteiger partial charge < -0.3 is 4.74 Å². The molecule has 1 unspecified atom stereocenters. The second kappa shape index (κ2) is 8.73. The van der Waals surface area contributed by atoms with Crippen molar-refractivity contribution >= 4 is 5.97 Å². The first-order chi connectivity index (χ1) is 8.72. The molecule has 2 nitrogen and oxygen atoms in total. The number of hydrogen-bond donors (Lipinski definition) is 0. The van der Waals surface area contributed by atoms with E-state index >= 15 is 0 Å². The Morgan fingerprint density at radius 2 is 1.89 bits per heavy atom. The summed E-state index contributed by atoms with van der Waals surface area (Å²) in [5.41, 5.74) is 0. The number of carbonyl (C=O) groups is 1. The normalized spacial score (nSPS) is 12.1. The van der Waals surface area contributed by atoms with Crippen molar-refractivity contribution in [3.63, 3.8) is 0 Å². The Bertz CT molecular complexity index is 332. The molecule has 1 aromatic rings. The molecule has 0 aliphatic carbocycles. The van der Waals surface area contributed by atoms with Gasteiger partial charge in [0.05, 0.1) is 0 Å². The van der Waals surface area contributed by atoms with E-state index in [0.717, 1.165) is 18.8 Å². The second-order valence-corrected chi connectivity index (χ2v) is 4.93. The third kappa shape index (κ3) is 6.43. The van der Waals surface area contributed by atoms with Gasteiger partial charge in [-0.05, 0) is 24.5 Å². The Hall–Kier alpha value is -1.31. The fourth-order valence-corrected chi connectivity index (χ4v) is 2.07. The van der Waals surface area contributed by atoms with Crippen LogP contribution in [0.2, 0.25) is 0 Å². The van der Waals surface area contributed by atoms with E-state index in [1.54, 1.807) is 12.1 Å². The minimum absolute atomic E-state index is 0.121. The summed E-state index contributed by atoms with van der Waals surface area (Å²) in [6, 6.07) is 9.26. The number of esters is 1. The standard InChI is InChI=1S/C16H24O2/c1-3-9-14(2)10-7-8-13-16(17)18-15-11-5-4-6-12-15/h4-6,11-12,14H,3,7-10,13H2,1-2H3. The van der Waals surface area contributed by atoms with Gasteiger partial charge in [0.2, 0.25) is 0 Å². The maximum Gasteiger partial charge on any atom is 0.311 e. The molecule has 100 valence electrons. The zero-order chi connectivity index (χ0) is 13.2. The molecule has 2 heteroatoms. The van der Waals surface area contributed by atoms with Crippen LogP contribution in [-0.4, -0.2) is 5.97 Å². The molecule has 0 heterocycles. The fourth-order valence-electron chi connectivity index (χ4n) is 2.07. The predicted molar refractivity (Wildman–Crippen MR) is 74.6 cm³/mol. The summed E-state index contributed by atoms with van der Waals surface area (Å²) < 4.78 is 5.23. The molecule has 0 saturated heterocycles. The Labute approximate surface area is 110 Å². The van der Waals surface area contributed by atoms with Crippen LogP contribution < -0.4 is 4.74 Å². The molecule has 0 spiro atoms. The molecule has 1 aromatic carbocycles. The molecule has 0 fully saturated rings. The summed E-state index contributed by atoms with van der Waals surface area (Å²) in [4.78, 5) is 11.6. The maximum atomic E-state index is 11.6. The SMILES string of the molecule is CCCC(C)CCCCC(=O)Oc1ccccc1. The zero-order valence-corrected chi connectivity index (χ0v) is 11.5. The Morgan fingerprint density at radius 3 is 2.56 bits per heavy atom. The first-order valence-corrected chi connectivity index (χ1v) is 6.98. The fraction of sp³-hybridized carbons (Fsp3) is 0.562. The van der Waals surface area contributed by atoms with Gasteiger partial charge in [0.15, 0.2) is 0 Å². The number of carbonyl (C=O) groups excluding carboxylic acids is 1. The lowest BCUT2D eigenvalue weighted by Crippen LogP contribution is -2.07. The van der Waals surface area contributed by atoms with Crippen LogP contribution in [0.1, 0.15) is 52.4 Å². The average molecular weight is 248 g/mol. The van der Waals surface area contributed by atoms with E-state index in [2.05, 4.69) is 13.8 Å². The molecular formula is C16H24O2. The van der Waals surface area contributed by atoms with Gasteiger partial charge in [0.25, 0.3) is 0 Å². The molecule has 0 radical (unpaired) electrons. The summed E-state index contributed by atoms with van der Waals surface area (Å²) in [7, 11) is 0. The molecule has 18 heavy (non-hydrogen) atoms. The highest BCUT2D eigenvalue weighted by Gasteiger charge is 2.05. The minimum Gasteiger partial charge on any atom is -0.427 e. The third-order valence-corrected chi connectivity index (χ3v) is 3.08. The van der Waals surface area contributed by atoms with Gasteiger partial charge >= 0.3 is 5.97 Å². The van der Waals surface area contributed by atoms with Crippen molar-refractivity contribution in [3.8, 4) is 5.75 Å². The van der Waals surface area contributed by atoms with Crippen molar-refractivity contribution in [1.29, 1.82) is 0 Å². The molecule has 0 aliphatic heterocycles. The summed E-state index contributed by atoms with van der Waals surface area (Å²) in [5, 5.41) is 0. The lowest BCUT2D eigenvalue weighted by Gasteiger charge is -2.09. The lowest BCUT2D eigenvalue weighted by molar-refractivity contribution is -0.134. The largest absolute Gasteiger partial charge is 0.427 e. The topological polar surface area (TPSA) is 26.3 Å². The van der Waals surface area contributed by atoms with Gasteiger partial charge in [0, 0.05) is 6.42 Å². The first-order valence-electron chi connectivity index (χ1n) is 6.98. The summed E-state index contributed by atoms with van der Waals surface area (Å²) >= 11 is 0. The van der Waals surface area contributed by atoms with Gasteiger partial charge in [-0.1, -0.05) is 57.7 Å². The number of hydrogen-bond acceptors (Lipinski definition) is 2. The molecule has 0 N–H and O–H groups in total. The van der Waals surface area contributed by atoms with Gasteiger partial charge in [-0.25, -0.2) is 0 Å². The number of rotatable bonds is 8. The third-order valence-electron chi connectivity index (χ3n) is 3.08. The molecule has 0 bridgehead atoms. The number of para-hydroxylation sites is 1. The van der Waals surface area contributed by atoms with Crippen molar-refractivity contribution in [3.05, 3.63) is 30.3 Å². The van der Waals surface area contributed by atoms with E-state index in [1.165, 1.54) is 19.3 Å². The van der Waals surface area contributed by atoms with Crippen LogP contribution >= 0.6 is 0 Å². The van der Waals surface area contributed by atoms with Crippen LogP contribution in [0.3, 0.4) is 0 Å². The number of unbranched alkanes of at least 4 members (excludes halogenated alkanes) is 1. The smallest absolute Gasteiger partial charge is 0.311 e. The van der Waals surface area contributed by atoms with E-state index in [0.29, 0.717) is 12.2 Å². The van der Waals surface area contributed by atoms with Gasteiger partial charge in [0.1, 0.15) is 5.75 Å². The second-order valence-electron chi connectivity index (χ2n) is 4.93. The van der Waals surface area contributed by atoms with Gasteiger partial charge in [-0.3, -0.25) is 4.79 Å². The number of ether oxygens (including phenoxy) is 1.